The molecule has 1 aromatic heterocycles. The molecule has 0 radical (unpaired) electrons. The van der Waals surface area contributed by atoms with Crippen molar-refractivity contribution in [2.45, 2.75) is 5.16 Å². The molecule has 2 aromatic rings. The Labute approximate surface area is 113 Å². The van der Waals surface area contributed by atoms with Gasteiger partial charge in [0.25, 0.3) is 0 Å². The predicted octanol–water partition coefficient (Wildman–Crippen LogP) is 2.08. The van der Waals surface area contributed by atoms with Crippen LogP contribution in [0.25, 0.3) is 0 Å². The highest BCUT2D eigenvalue weighted by Crippen LogP contribution is 2.19. The quantitative estimate of drug-likeness (QED) is 0.682. The van der Waals surface area contributed by atoms with E-state index in [4.69, 9.17) is 17.3 Å². The number of hydrogen-bond donors (Lipinski definition) is 1. The molecule has 1 heterocycles. The van der Waals surface area contributed by atoms with Gasteiger partial charge < -0.3 is 5.73 Å². The van der Waals surface area contributed by atoms with Crippen LogP contribution in [-0.2, 0) is 0 Å². The number of aromatic nitrogens is 3. The SMILES string of the molecule is Nc1ncnc(SCC(=O)c2ccccc2Cl)n1. The fourth-order valence-corrected chi connectivity index (χ4v) is 2.19. The highest BCUT2D eigenvalue weighted by atomic mass is 35.5. The molecule has 18 heavy (non-hydrogen) atoms. The zero-order chi connectivity index (χ0) is 13.0. The van der Waals surface area contributed by atoms with E-state index in [2.05, 4.69) is 15.0 Å². The van der Waals surface area contributed by atoms with Gasteiger partial charge in [-0.2, -0.15) is 4.98 Å². The number of carbonyl (C=O) groups is 1. The van der Waals surface area contributed by atoms with Gasteiger partial charge in [0.2, 0.25) is 5.95 Å². The zero-order valence-electron chi connectivity index (χ0n) is 9.21. The molecule has 2 rings (SSSR count). The summed E-state index contributed by atoms with van der Waals surface area (Å²) in [5.74, 6) is 0.259. The molecule has 0 saturated carbocycles. The molecule has 2 N–H and O–H groups in total. The molecule has 0 atom stereocenters. The van der Waals surface area contributed by atoms with Gasteiger partial charge in [-0.15, -0.1) is 0 Å². The van der Waals surface area contributed by atoms with Crippen LogP contribution >= 0.6 is 23.4 Å². The topological polar surface area (TPSA) is 81.8 Å². The molecule has 7 heteroatoms. The van der Waals surface area contributed by atoms with Crippen LogP contribution in [0.5, 0.6) is 0 Å². The van der Waals surface area contributed by atoms with Gasteiger partial charge in [0.05, 0.1) is 10.8 Å². The summed E-state index contributed by atoms with van der Waals surface area (Å²) >= 11 is 7.13. The Morgan fingerprint density at radius 3 is 2.83 bits per heavy atom. The van der Waals surface area contributed by atoms with Crippen LogP contribution in [-0.4, -0.2) is 26.5 Å². The van der Waals surface area contributed by atoms with Crippen molar-refractivity contribution in [3.05, 3.63) is 41.2 Å². The first-order chi connectivity index (χ1) is 8.66. The maximum atomic E-state index is 11.9. The summed E-state index contributed by atoms with van der Waals surface area (Å²) < 4.78 is 0. The number of hydrogen-bond acceptors (Lipinski definition) is 6. The normalized spacial score (nSPS) is 10.3. The molecular formula is C11H9ClN4OS. The molecule has 92 valence electrons. The molecule has 0 unspecified atom stereocenters. The van der Waals surface area contributed by atoms with Crippen molar-refractivity contribution < 1.29 is 4.79 Å². The lowest BCUT2D eigenvalue weighted by Gasteiger charge is -2.02. The molecule has 0 amide bonds. The van der Waals surface area contributed by atoms with Gasteiger partial charge in [0.15, 0.2) is 10.9 Å². The number of benzene rings is 1. The number of nitrogens with zero attached hydrogens (tertiary/aromatic N) is 3. The smallest absolute Gasteiger partial charge is 0.223 e. The number of ketones is 1. The number of anilines is 1. The van der Waals surface area contributed by atoms with Crippen LogP contribution in [0.15, 0.2) is 35.7 Å². The lowest BCUT2D eigenvalue weighted by molar-refractivity contribution is 0.102. The minimum absolute atomic E-state index is 0.0791. The first kappa shape index (κ1) is 12.8. The number of halogens is 1. The second-order valence-electron chi connectivity index (χ2n) is 3.32. The summed E-state index contributed by atoms with van der Waals surface area (Å²) in [6.07, 6.45) is 1.31. The second-order valence-corrected chi connectivity index (χ2v) is 4.67. The molecule has 0 fully saturated rings. The van der Waals surface area contributed by atoms with Gasteiger partial charge in [-0.1, -0.05) is 35.5 Å². The summed E-state index contributed by atoms with van der Waals surface area (Å²) in [5.41, 5.74) is 5.91. The highest BCUT2D eigenvalue weighted by molar-refractivity contribution is 7.99. The van der Waals surface area contributed by atoms with Crippen molar-refractivity contribution in [2.75, 3.05) is 11.5 Å². The second kappa shape index (κ2) is 5.79. The van der Waals surface area contributed by atoms with E-state index in [-0.39, 0.29) is 17.5 Å². The van der Waals surface area contributed by atoms with Gasteiger partial charge in [0.1, 0.15) is 6.33 Å². The van der Waals surface area contributed by atoms with Crippen LogP contribution in [0.3, 0.4) is 0 Å². The first-order valence-corrected chi connectivity index (χ1v) is 6.38. The van der Waals surface area contributed by atoms with Crippen molar-refractivity contribution in [3.63, 3.8) is 0 Å². The Morgan fingerprint density at radius 1 is 1.33 bits per heavy atom. The third-order valence-electron chi connectivity index (χ3n) is 2.08. The van der Waals surface area contributed by atoms with E-state index in [0.29, 0.717) is 15.7 Å². The Bertz CT molecular complexity index is 578. The van der Waals surface area contributed by atoms with E-state index in [1.165, 1.54) is 18.1 Å². The summed E-state index contributed by atoms with van der Waals surface area (Å²) in [6, 6.07) is 6.91. The third-order valence-corrected chi connectivity index (χ3v) is 3.27. The molecule has 0 spiro atoms. The number of nitrogen functional groups attached to an aromatic ring is 1. The van der Waals surface area contributed by atoms with E-state index in [1.807, 2.05) is 0 Å². The third kappa shape index (κ3) is 3.18. The van der Waals surface area contributed by atoms with Gasteiger partial charge in [0, 0.05) is 5.56 Å². The standard InChI is InChI=1S/C11H9ClN4OS/c12-8-4-2-1-3-7(8)9(17)5-18-11-15-6-14-10(13)16-11/h1-4,6H,5H2,(H2,13,14,15,16). The van der Waals surface area contributed by atoms with Gasteiger partial charge in [-0.3, -0.25) is 4.79 Å². The van der Waals surface area contributed by atoms with E-state index < -0.39 is 0 Å². The zero-order valence-corrected chi connectivity index (χ0v) is 10.8. The number of nitrogens with two attached hydrogens (primary N) is 1. The van der Waals surface area contributed by atoms with Crippen molar-refractivity contribution in [2.24, 2.45) is 0 Å². The maximum absolute atomic E-state index is 11.9. The number of Topliss-reactive ketones (excluding diaryl/α,β-unsaturated/α-hetero) is 1. The molecule has 1 aromatic carbocycles. The van der Waals surface area contributed by atoms with Gasteiger partial charge in [-0.25, -0.2) is 9.97 Å². The van der Waals surface area contributed by atoms with E-state index >= 15 is 0 Å². The van der Waals surface area contributed by atoms with Crippen molar-refractivity contribution >= 4 is 35.1 Å². The summed E-state index contributed by atoms with van der Waals surface area (Å²) in [6.45, 7) is 0. The summed E-state index contributed by atoms with van der Waals surface area (Å²) in [5, 5.41) is 0.862. The van der Waals surface area contributed by atoms with Crippen LogP contribution in [0.1, 0.15) is 10.4 Å². The Morgan fingerprint density at radius 2 is 2.11 bits per heavy atom. The average Bonchev–Trinajstić information content (AvgIpc) is 2.37. The molecular weight excluding hydrogens is 272 g/mol. The van der Waals surface area contributed by atoms with E-state index in [1.54, 1.807) is 24.3 Å². The fourth-order valence-electron chi connectivity index (χ4n) is 1.26. The van der Waals surface area contributed by atoms with E-state index in [9.17, 15) is 4.79 Å². The average molecular weight is 281 g/mol. The molecule has 0 aliphatic rings. The van der Waals surface area contributed by atoms with Crippen LogP contribution in [0.2, 0.25) is 5.02 Å². The first-order valence-electron chi connectivity index (χ1n) is 5.02. The van der Waals surface area contributed by atoms with Crippen molar-refractivity contribution in [1.29, 1.82) is 0 Å². The van der Waals surface area contributed by atoms with Crippen molar-refractivity contribution in [3.8, 4) is 0 Å². The predicted molar refractivity (Wildman–Crippen MR) is 70.7 cm³/mol. The Kier molecular flexibility index (Phi) is 4.11. The van der Waals surface area contributed by atoms with E-state index in [0.717, 1.165) is 0 Å². The number of carbonyl (C=O) groups excluding carboxylic acids is 1. The summed E-state index contributed by atoms with van der Waals surface area (Å²) in [4.78, 5) is 23.4. The molecule has 0 aliphatic carbocycles. The molecule has 0 bridgehead atoms. The number of rotatable bonds is 4. The molecule has 0 aliphatic heterocycles. The summed E-state index contributed by atoms with van der Waals surface area (Å²) in [7, 11) is 0. The van der Waals surface area contributed by atoms with Crippen LogP contribution in [0.4, 0.5) is 5.95 Å². The maximum Gasteiger partial charge on any atom is 0.223 e. The van der Waals surface area contributed by atoms with Gasteiger partial charge >= 0.3 is 0 Å². The minimum atomic E-state index is -0.0791. The molecule has 0 saturated heterocycles. The number of thioether (sulfide) groups is 1. The Balaban J connectivity index is 2.03. The lowest BCUT2D eigenvalue weighted by Crippen LogP contribution is -2.04. The highest BCUT2D eigenvalue weighted by Gasteiger charge is 2.11. The monoisotopic (exact) mass is 280 g/mol. The minimum Gasteiger partial charge on any atom is -0.368 e. The van der Waals surface area contributed by atoms with Crippen LogP contribution < -0.4 is 5.73 Å². The fraction of sp³-hybridized carbons (Fsp3) is 0.0909. The lowest BCUT2D eigenvalue weighted by atomic mass is 10.1. The largest absolute Gasteiger partial charge is 0.368 e. The van der Waals surface area contributed by atoms with Crippen molar-refractivity contribution in [1.82, 2.24) is 15.0 Å². The van der Waals surface area contributed by atoms with Gasteiger partial charge in [-0.05, 0) is 12.1 Å². The van der Waals surface area contributed by atoms with Crippen LogP contribution in [0, 0.1) is 0 Å². The Hall–Kier alpha value is -1.66. The molecule has 5 nitrogen and oxygen atoms in total.